The van der Waals surface area contributed by atoms with Crippen LogP contribution in [-0.2, 0) is 0 Å². The third-order valence-electron chi connectivity index (χ3n) is 2.86. The lowest BCUT2D eigenvalue weighted by Gasteiger charge is -2.10. The van der Waals surface area contributed by atoms with E-state index in [1.165, 1.54) is 11.1 Å². The molecule has 0 saturated heterocycles. The summed E-state index contributed by atoms with van der Waals surface area (Å²) in [6.45, 7) is 6.27. The zero-order valence-corrected chi connectivity index (χ0v) is 11.7. The van der Waals surface area contributed by atoms with Crippen molar-refractivity contribution in [2.24, 2.45) is 0 Å². The maximum atomic E-state index is 5.31. The van der Waals surface area contributed by atoms with Crippen molar-refractivity contribution in [1.29, 1.82) is 0 Å². The Morgan fingerprint density at radius 2 is 1.94 bits per heavy atom. The summed E-state index contributed by atoms with van der Waals surface area (Å²) in [5.74, 6) is 1.54. The average Bonchev–Trinajstić information content (AvgIpc) is 2.42. The van der Waals surface area contributed by atoms with E-state index < -0.39 is 0 Å². The van der Waals surface area contributed by atoms with E-state index >= 15 is 0 Å². The second kappa shape index (κ2) is 7.77. The summed E-state index contributed by atoms with van der Waals surface area (Å²) < 4.78 is 10.5. The number of rotatable bonds is 7. The Balaban J connectivity index is 2.76. The van der Waals surface area contributed by atoms with Crippen LogP contribution in [0.4, 0.5) is 0 Å². The molecule has 3 heteroatoms. The number of methoxy groups -OCH3 is 2. The first-order chi connectivity index (χ1) is 8.72. The Morgan fingerprint density at radius 3 is 2.56 bits per heavy atom. The van der Waals surface area contributed by atoms with Gasteiger partial charge < -0.3 is 14.8 Å². The largest absolute Gasteiger partial charge is 0.493 e. The highest BCUT2D eigenvalue weighted by molar-refractivity contribution is 5.66. The highest BCUT2D eigenvalue weighted by Crippen LogP contribution is 2.30. The highest BCUT2D eigenvalue weighted by atomic mass is 16.5. The normalized spacial score (nSPS) is 11.4. The Morgan fingerprint density at radius 1 is 1.22 bits per heavy atom. The SMILES string of the molecule is CCNCCC=C(C)c1ccc(OC)c(OC)c1. The first-order valence-electron chi connectivity index (χ1n) is 6.32. The van der Waals surface area contributed by atoms with Gasteiger partial charge in [-0.1, -0.05) is 19.1 Å². The number of allylic oxidation sites excluding steroid dienone is 1. The van der Waals surface area contributed by atoms with E-state index in [2.05, 4.69) is 31.3 Å². The standard InChI is InChI=1S/C15H23NO2/c1-5-16-10-6-7-12(2)13-8-9-14(17-3)15(11-13)18-4/h7-9,11,16H,5-6,10H2,1-4H3. The van der Waals surface area contributed by atoms with Gasteiger partial charge in [0.1, 0.15) is 0 Å². The minimum Gasteiger partial charge on any atom is -0.493 e. The highest BCUT2D eigenvalue weighted by Gasteiger charge is 2.05. The summed E-state index contributed by atoms with van der Waals surface area (Å²) in [5, 5.41) is 3.31. The van der Waals surface area contributed by atoms with Crippen molar-refractivity contribution in [3.63, 3.8) is 0 Å². The fourth-order valence-electron chi connectivity index (χ4n) is 1.77. The lowest BCUT2D eigenvalue weighted by Crippen LogP contribution is -2.13. The molecular weight excluding hydrogens is 226 g/mol. The van der Waals surface area contributed by atoms with E-state index in [-0.39, 0.29) is 0 Å². The zero-order chi connectivity index (χ0) is 13.4. The molecule has 100 valence electrons. The maximum Gasteiger partial charge on any atom is 0.161 e. The molecule has 0 fully saturated rings. The van der Waals surface area contributed by atoms with Crippen LogP contribution in [0.2, 0.25) is 0 Å². The third kappa shape index (κ3) is 4.08. The molecular formula is C15H23NO2. The summed E-state index contributed by atoms with van der Waals surface area (Å²) in [5.41, 5.74) is 2.43. The molecule has 18 heavy (non-hydrogen) atoms. The van der Waals surface area contributed by atoms with Crippen LogP contribution in [0.15, 0.2) is 24.3 Å². The maximum absolute atomic E-state index is 5.31. The smallest absolute Gasteiger partial charge is 0.161 e. The molecule has 1 aromatic rings. The van der Waals surface area contributed by atoms with Crippen molar-refractivity contribution < 1.29 is 9.47 Å². The lowest BCUT2D eigenvalue weighted by molar-refractivity contribution is 0.355. The lowest BCUT2D eigenvalue weighted by atomic mass is 10.1. The number of nitrogens with one attached hydrogen (secondary N) is 1. The summed E-state index contributed by atoms with van der Waals surface area (Å²) in [7, 11) is 3.31. The van der Waals surface area contributed by atoms with Crippen molar-refractivity contribution in [3.05, 3.63) is 29.8 Å². The van der Waals surface area contributed by atoms with Gasteiger partial charge in [0.25, 0.3) is 0 Å². The monoisotopic (exact) mass is 249 g/mol. The van der Waals surface area contributed by atoms with Crippen molar-refractivity contribution in [2.45, 2.75) is 20.3 Å². The predicted octanol–water partition coefficient (Wildman–Crippen LogP) is 3.11. The van der Waals surface area contributed by atoms with Crippen LogP contribution < -0.4 is 14.8 Å². The van der Waals surface area contributed by atoms with Crippen LogP contribution in [0.5, 0.6) is 11.5 Å². The van der Waals surface area contributed by atoms with E-state index in [4.69, 9.17) is 9.47 Å². The molecule has 0 atom stereocenters. The molecule has 1 N–H and O–H groups in total. The van der Waals surface area contributed by atoms with Crippen LogP contribution in [-0.4, -0.2) is 27.3 Å². The summed E-state index contributed by atoms with van der Waals surface area (Å²) in [6.07, 6.45) is 3.28. The van der Waals surface area contributed by atoms with Crippen LogP contribution in [0.25, 0.3) is 5.57 Å². The number of ether oxygens (including phenoxy) is 2. The molecule has 0 aromatic heterocycles. The van der Waals surface area contributed by atoms with Gasteiger partial charge in [0, 0.05) is 0 Å². The predicted molar refractivity (Wildman–Crippen MR) is 76.4 cm³/mol. The van der Waals surface area contributed by atoms with Crippen molar-refractivity contribution in [1.82, 2.24) is 5.32 Å². The van der Waals surface area contributed by atoms with Gasteiger partial charge in [-0.2, -0.15) is 0 Å². The third-order valence-corrected chi connectivity index (χ3v) is 2.86. The Labute approximate surface area is 110 Å². The molecule has 0 bridgehead atoms. The van der Waals surface area contributed by atoms with Gasteiger partial charge >= 0.3 is 0 Å². The number of hydrogen-bond donors (Lipinski definition) is 1. The quantitative estimate of drug-likeness (QED) is 0.753. The minimum absolute atomic E-state index is 0.765. The van der Waals surface area contributed by atoms with E-state index in [0.29, 0.717) is 0 Å². The Bertz CT molecular complexity index is 399. The van der Waals surface area contributed by atoms with Crippen molar-refractivity contribution in [3.8, 4) is 11.5 Å². The second-order valence-corrected chi connectivity index (χ2v) is 4.10. The molecule has 0 unspecified atom stereocenters. The average molecular weight is 249 g/mol. The van der Waals surface area contributed by atoms with Crippen LogP contribution >= 0.6 is 0 Å². The molecule has 0 amide bonds. The molecule has 3 nitrogen and oxygen atoms in total. The fourth-order valence-corrected chi connectivity index (χ4v) is 1.77. The molecule has 0 aliphatic carbocycles. The van der Waals surface area contributed by atoms with Crippen LogP contribution in [0, 0.1) is 0 Å². The first kappa shape index (κ1) is 14.6. The Kier molecular flexibility index (Phi) is 6.29. The van der Waals surface area contributed by atoms with E-state index in [9.17, 15) is 0 Å². The molecule has 0 spiro atoms. The second-order valence-electron chi connectivity index (χ2n) is 4.10. The Hall–Kier alpha value is -1.48. The van der Waals surface area contributed by atoms with Crippen LogP contribution in [0.1, 0.15) is 25.8 Å². The van der Waals surface area contributed by atoms with Gasteiger partial charge in [-0.3, -0.25) is 0 Å². The van der Waals surface area contributed by atoms with Gasteiger partial charge in [-0.05, 0) is 49.7 Å². The van der Waals surface area contributed by atoms with E-state index in [1.54, 1.807) is 14.2 Å². The molecule has 0 radical (unpaired) electrons. The molecule has 0 saturated carbocycles. The van der Waals surface area contributed by atoms with Gasteiger partial charge in [0.05, 0.1) is 14.2 Å². The van der Waals surface area contributed by atoms with Gasteiger partial charge in [-0.15, -0.1) is 0 Å². The summed E-state index contributed by atoms with van der Waals surface area (Å²) in [4.78, 5) is 0. The zero-order valence-electron chi connectivity index (χ0n) is 11.7. The van der Waals surface area contributed by atoms with Gasteiger partial charge in [0.15, 0.2) is 11.5 Å². The summed E-state index contributed by atoms with van der Waals surface area (Å²) in [6, 6.07) is 6.01. The fraction of sp³-hybridized carbons (Fsp3) is 0.467. The first-order valence-corrected chi connectivity index (χ1v) is 6.32. The molecule has 1 aromatic carbocycles. The van der Waals surface area contributed by atoms with Crippen LogP contribution in [0.3, 0.4) is 0 Å². The van der Waals surface area contributed by atoms with Gasteiger partial charge in [-0.25, -0.2) is 0 Å². The molecule has 0 aliphatic heterocycles. The summed E-state index contributed by atoms with van der Waals surface area (Å²) >= 11 is 0. The van der Waals surface area contributed by atoms with E-state index in [1.807, 2.05) is 12.1 Å². The van der Waals surface area contributed by atoms with E-state index in [0.717, 1.165) is 31.0 Å². The number of hydrogen-bond acceptors (Lipinski definition) is 3. The topological polar surface area (TPSA) is 30.5 Å². The molecule has 1 rings (SSSR count). The molecule has 0 heterocycles. The molecule has 0 aliphatic rings. The van der Waals surface area contributed by atoms with Gasteiger partial charge in [0.2, 0.25) is 0 Å². The number of benzene rings is 1. The van der Waals surface area contributed by atoms with Crippen molar-refractivity contribution in [2.75, 3.05) is 27.3 Å². The van der Waals surface area contributed by atoms with Crippen molar-refractivity contribution >= 4 is 5.57 Å². The minimum atomic E-state index is 0.765.